The van der Waals surface area contributed by atoms with Gasteiger partial charge < -0.3 is 15.7 Å². The summed E-state index contributed by atoms with van der Waals surface area (Å²) in [6, 6.07) is -0.718. The first-order valence-electron chi connectivity index (χ1n) is 8.48. The van der Waals surface area contributed by atoms with E-state index in [-0.39, 0.29) is 29.8 Å². The Kier molecular flexibility index (Phi) is 5.13. The van der Waals surface area contributed by atoms with Crippen molar-refractivity contribution in [2.24, 2.45) is 17.6 Å². The number of hydrogen-bond acceptors (Lipinski definition) is 5. The smallest absolute Gasteiger partial charge is 0.226 e. The Morgan fingerprint density at radius 1 is 1.29 bits per heavy atom. The van der Waals surface area contributed by atoms with Gasteiger partial charge >= 0.3 is 0 Å². The number of likely N-dealkylation sites (tertiary alicyclic amines) is 1. The number of nitrogens with zero attached hydrogens (tertiary/aromatic N) is 1. The van der Waals surface area contributed by atoms with Crippen molar-refractivity contribution in [2.75, 3.05) is 0 Å². The van der Waals surface area contributed by atoms with Crippen LogP contribution in [0.5, 0.6) is 0 Å². The molecule has 24 heavy (non-hydrogen) atoms. The van der Waals surface area contributed by atoms with Crippen molar-refractivity contribution in [1.29, 1.82) is 0 Å². The quantitative estimate of drug-likeness (QED) is 0.716. The molecule has 0 aromatic carbocycles. The maximum absolute atomic E-state index is 12.7. The minimum absolute atomic E-state index is 0.00813. The van der Waals surface area contributed by atoms with Crippen molar-refractivity contribution in [2.45, 2.75) is 70.6 Å². The molecule has 3 N–H and O–H groups in total. The fourth-order valence-corrected chi connectivity index (χ4v) is 3.77. The van der Waals surface area contributed by atoms with Crippen LogP contribution in [0.1, 0.15) is 52.9 Å². The molecule has 0 aromatic rings. The second-order valence-corrected chi connectivity index (χ2v) is 7.29. The van der Waals surface area contributed by atoms with E-state index in [2.05, 4.69) is 0 Å². The average molecular weight is 338 g/mol. The maximum atomic E-state index is 12.7. The molecule has 2 unspecified atom stereocenters. The highest BCUT2D eigenvalue weighted by Crippen LogP contribution is 2.46. The van der Waals surface area contributed by atoms with Gasteiger partial charge in [0.25, 0.3) is 0 Å². The van der Waals surface area contributed by atoms with E-state index < -0.39 is 29.5 Å². The lowest BCUT2D eigenvalue weighted by Gasteiger charge is -2.46. The number of primary amides is 1. The van der Waals surface area contributed by atoms with E-state index >= 15 is 0 Å². The Morgan fingerprint density at radius 3 is 2.29 bits per heavy atom. The SMILES string of the molecule is CC(C)C(=O)N1C(C(=O)C[C@H](C(N)=O)[C@@H](C)O)CCC12CCC2=O. The molecule has 1 saturated heterocycles. The number of carbonyl (C=O) groups excluding carboxylic acids is 4. The van der Waals surface area contributed by atoms with Crippen LogP contribution >= 0.6 is 0 Å². The largest absolute Gasteiger partial charge is 0.393 e. The van der Waals surface area contributed by atoms with Gasteiger partial charge in [-0.3, -0.25) is 19.2 Å². The third kappa shape index (κ3) is 2.97. The van der Waals surface area contributed by atoms with Gasteiger partial charge in [-0.15, -0.1) is 0 Å². The molecule has 0 aromatic heterocycles. The summed E-state index contributed by atoms with van der Waals surface area (Å²) >= 11 is 0. The first-order valence-corrected chi connectivity index (χ1v) is 8.48. The van der Waals surface area contributed by atoms with Crippen LogP contribution in [0.2, 0.25) is 0 Å². The molecular weight excluding hydrogens is 312 g/mol. The predicted octanol–water partition coefficient (Wildman–Crippen LogP) is 0.177. The normalized spacial score (nSPS) is 28.8. The summed E-state index contributed by atoms with van der Waals surface area (Å²) in [6.07, 6.45) is 0.653. The van der Waals surface area contributed by atoms with Gasteiger partial charge in [0, 0.05) is 18.8 Å². The average Bonchev–Trinajstić information content (AvgIpc) is 2.91. The zero-order valence-corrected chi connectivity index (χ0v) is 14.4. The Hall–Kier alpha value is -1.76. The molecule has 4 atom stereocenters. The highest BCUT2D eigenvalue weighted by atomic mass is 16.3. The van der Waals surface area contributed by atoms with Gasteiger partial charge in [0.15, 0.2) is 11.6 Å². The Balaban J connectivity index is 2.24. The molecule has 0 bridgehead atoms. The summed E-state index contributed by atoms with van der Waals surface area (Å²) in [5.74, 6) is -2.58. The number of nitrogens with two attached hydrogens (primary N) is 1. The van der Waals surface area contributed by atoms with Crippen molar-refractivity contribution in [3.05, 3.63) is 0 Å². The van der Waals surface area contributed by atoms with Gasteiger partial charge in [0.1, 0.15) is 5.54 Å². The molecule has 1 aliphatic heterocycles. The van der Waals surface area contributed by atoms with Gasteiger partial charge in [-0.25, -0.2) is 0 Å². The molecule has 2 rings (SSSR count). The number of ketones is 2. The van der Waals surface area contributed by atoms with Crippen molar-refractivity contribution in [3.8, 4) is 0 Å². The summed E-state index contributed by atoms with van der Waals surface area (Å²) in [5.41, 5.74) is 4.42. The fourth-order valence-electron chi connectivity index (χ4n) is 3.77. The lowest BCUT2D eigenvalue weighted by atomic mass is 9.73. The number of Topliss-reactive ketones (excluding diaryl/α,β-unsaturated/α-hetero) is 2. The van der Waals surface area contributed by atoms with Crippen LogP contribution < -0.4 is 5.73 Å². The van der Waals surface area contributed by atoms with Gasteiger partial charge in [-0.05, 0) is 26.2 Å². The lowest BCUT2D eigenvalue weighted by molar-refractivity contribution is -0.157. The fraction of sp³-hybridized carbons (Fsp3) is 0.765. The molecule has 1 heterocycles. The minimum Gasteiger partial charge on any atom is -0.393 e. The van der Waals surface area contributed by atoms with E-state index in [4.69, 9.17) is 5.73 Å². The van der Waals surface area contributed by atoms with Crippen molar-refractivity contribution < 1.29 is 24.3 Å². The summed E-state index contributed by atoms with van der Waals surface area (Å²) in [7, 11) is 0. The lowest BCUT2D eigenvalue weighted by Crippen LogP contribution is -2.63. The molecule has 1 spiro atoms. The molecule has 0 radical (unpaired) electrons. The van der Waals surface area contributed by atoms with Crippen molar-refractivity contribution >= 4 is 23.4 Å². The number of rotatable bonds is 6. The van der Waals surface area contributed by atoms with Crippen molar-refractivity contribution in [1.82, 2.24) is 4.90 Å². The summed E-state index contributed by atoms with van der Waals surface area (Å²) in [5, 5.41) is 9.65. The van der Waals surface area contributed by atoms with Crippen LogP contribution in [0.25, 0.3) is 0 Å². The van der Waals surface area contributed by atoms with Crippen LogP contribution in [0.3, 0.4) is 0 Å². The zero-order chi connectivity index (χ0) is 18.2. The van der Waals surface area contributed by atoms with E-state index in [1.165, 1.54) is 11.8 Å². The predicted molar refractivity (Wildman–Crippen MR) is 85.7 cm³/mol. The van der Waals surface area contributed by atoms with Crippen LogP contribution in [0.4, 0.5) is 0 Å². The molecule has 2 aliphatic rings. The molecule has 2 amide bonds. The molecule has 1 aliphatic carbocycles. The maximum Gasteiger partial charge on any atom is 0.226 e. The second-order valence-electron chi connectivity index (χ2n) is 7.29. The third-order valence-electron chi connectivity index (χ3n) is 5.36. The molecule has 134 valence electrons. The topological polar surface area (TPSA) is 118 Å². The van der Waals surface area contributed by atoms with Gasteiger partial charge in [-0.2, -0.15) is 0 Å². The Labute approximate surface area is 141 Å². The second kappa shape index (κ2) is 6.63. The van der Waals surface area contributed by atoms with Crippen LogP contribution in [0, 0.1) is 11.8 Å². The number of amides is 2. The third-order valence-corrected chi connectivity index (χ3v) is 5.36. The van der Waals surface area contributed by atoms with Crippen LogP contribution in [0.15, 0.2) is 0 Å². The number of hydrogen-bond donors (Lipinski definition) is 2. The Morgan fingerprint density at radius 2 is 1.92 bits per heavy atom. The van der Waals surface area contributed by atoms with Crippen molar-refractivity contribution in [3.63, 3.8) is 0 Å². The first kappa shape index (κ1) is 18.6. The molecular formula is C17H26N2O5. The van der Waals surface area contributed by atoms with Crippen LogP contribution in [-0.4, -0.2) is 51.1 Å². The van der Waals surface area contributed by atoms with E-state index in [1.807, 2.05) is 0 Å². The minimum atomic E-state index is -1.04. The molecule has 7 heteroatoms. The number of aliphatic hydroxyl groups is 1. The monoisotopic (exact) mass is 338 g/mol. The highest BCUT2D eigenvalue weighted by Gasteiger charge is 2.59. The first-order chi connectivity index (χ1) is 11.1. The standard InChI is InChI=1S/C17H26N2O5/c1-9(2)16(24)19-12(4-6-17(19)7-5-14(17)22)13(21)8-11(10(3)20)15(18)23/h9-12,20H,4-8H2,1-3H3,(H2,18,23)/t10-,11+,12?,17?/m1/s1. The highest BCUT2D eigenvalue weighted by molar-refractivity contribution is 6.02. The summed E-state index contributed by atoms with van der Waals surface area (Å²) < 4.78 is 0. The van der Waals surface area contributed by atoms with E-state index in [9.17, 15) is 24.3 Å². The molecule has 2 fully saturated rings. The number of carbonyl (C=O) groups is 4. The van der Waals surface area contributed by atoms with Gasteiger partial charge in [-0.1, -0.05) is 13.8 Å². The van der Waals surface area contributed by atoms with Gasteiger partial charge in [0.2, 0.25) is 11.8 Å². The molecule has 7 nitrogen and oxygen atoms in total. The number of aliphatic hydroxyl groups excluding tert-OH is 1. The van der Waals surface area contributed by atoms with Crippen LogP contribution in [-0.2, 0) is 19.2 Å². The van der Waals surface area contributed by atoms with E-state index in [0.717, 1.165) is 0 Å². The van der Waals surface area contributed by atoms with Gasteiger partial charge in [0.05, 0.1) is 18.1 Å². The molecule has 1 saturated carbocycles. The van der Waals surface area contributed by atoms with E-state index in [0.29, 0.717) is 25.7 Å². The zero-order valence-electron chi connectivity index (χ0n) is 14.4. The summed E-state index contributed by atoms with van der Waals surface area (Å²) in [4.78, 5) is 50.4. The Bertz CT molecular complexity index is 571. The van der Waals surface area contributed by atoms with E-state index in [1.54, 1.807) is 13.8 Å². The summed E-state index contributed by atoms with van der Waals surface area (Å²) in [6.45, 7) is 4.88.